The quantitative estimate of drug-likeness (QED) is 0.328. The molecular weight excluding hydrogens is 496 g/mol. The fraction of sp³-hybridized carbons (Fsp3) is 0.400. The average molecular weight is 527 g/mol. The summed E-state index contributed by atoms with van der Waals surface area (Å²) < 4.78 is 35.2. The molecule has 4 heterocycles. The highest BCUT2D eigenvalue weighted by molar-refractivity contribution is 7.89. The van der Waals surface area contributed by atoms with Gasteiger partial charge >= 0.3 is 0 Å². The highest BCUT2D eigenvalue weighted by Crippen LogP contribution is 2.33. The number of fused-ring (bicyclic) bond motifs is 1. The third-order valence-corrected chi connectivity index (χ3v) is 8.98. The van der Waals surface area contributed by atoms with E-state index in [4.69, 9.17) is 9.72 Å². The van der Waals surface area contributed by atoms with Crippen molar-refractivity contribution in [3.8, 4) is 22.8 Å². The van der Waals surface area contributed by atoms with Crippen molar-refractivity contribution >= 4 is 36.7 Å². The maximum absolute atomic E-state index is 12.3. The highest BCUT2D eigenvalue weighted by atomic mass is 32.2. The van der Waals surface area contributed by atoms with Gasteiger partial charge in [-0.05, 0) is 44.4 Å². The van der Waals surface area contributed by atoms with Crippen LogP contribution < -0.4 is 10.1 Å². The second-order valence-corrected chi connectivity index (χ2v) is 12.1. The Hall–Kier alpha value is -3.02. The molecule has 1 aliphatic heterocycles. The molecule has 1 aliphatic rings. The first kappa shape index (κ1) is 24.7. The Morgan fingerprint density at radius 3 is 2.89 bits per heavy atom. The number of pyridine rings is 1. The number of benzene rings is 1. The average Bonchev–Trinajstić information content (AvgIpc) is 3.51. The van der Waals surface area contributed by atoms with Crippen LogP contribution >= 0.6 is 11.3 Å². The molecule has 0 unspecified atom stereocenters. The smallest absolute Gasteiger partial charge is 0.213 e. The normalized spacial score (nSPS) is 16.9. The van der Waals surface area contributed by atoms with Crippen molar-refractivity contribution in [3.63, 3.8) is 0 Å². The first-order chi connectivity index (χ1) is 17.4. The molecule has 0 bridgehead atoms. The van der Waals surface area contributed by atoms with Gasteiger partial charge in [0.05, 0.1) is 27.9 Å². The molecule has 190 valence electrons. The fourth-order valence-corrected chi connectivity index (χ4v) is 6.47. The molecule has 0 aliphatic carbocycles. The van der Waals surface area contributed by atoms with Crippen molar-refractivity contribution < 1.29 is 13.2 Å². The molecule has 1 saturated heterocycles. The number of sulfonamides is 1. The summed E-state index contributed by atoms with van der Waals surface area (Å²) in [5.74, 6) is 1.55. The molecule has 5 rings (SSSR count). The molecule has 1 fully saturated rings. The van der Waals surface area contributed by atoms with Crippen LogP contribution in [0.2, 0.25) is 0 Å². The van der Waals surface area contributed by atoms with E-state index in [2.05, 4.69) is 22.3 Å². The van der Waals surface area contributed by atoms with Crippen molar-refractivity contribution in [2.24, 2.45) is 0 Å². The van der Waals surface area contributed by atoms with Crippen LogP contribution in [-0.4, -0.2) is 57.4 Å². The maximum Gasteiger partial charge on any atom is 0.213 e. The first-order valence-electron chi connectivity index (χ1n) is 12.2. The summed E-state index contributed by atoms with van der Waals surface area (Å²) in [6, 6.07) is 9.62. The van der Waals surface area contributed by atoms with E-state index in [9.17, 15) is 8.42 Å². The minimum absolute atomic E-state index is 0.0493. The van der Waals surface area contributed by atoms with E-state index in [-0.39, 0.29) is 11.8 Å². The number of anilines is 1. The number of thiazole rings is 1. The Morgan fingerprint density at radius 1 is 1.19 bits per heavy atom. The van der Waals surface area contributed by atoms with Gasteiger partial charge in [0.2, 0.25) is 10.0 Å². The van der Waals surface area contributed by atoms with Gasteiger partial charge in [-0.2, -0.15) is 9.40 Å². The minimum atomic E-state index is -3.18. The number of nitrogens with one attached hydrogen (secondary N) is 1. The molecule has 4 aromatic rings. The lowest BCUT2D eigenvalue weighted by molar-refractivity contribution is 0.327. The van der Waals surface area contributed by atoms with E-state index < -0.39 is 10.0 Å². The van der Waals surface area contributed by atoms with Crippen LogP contribution in [0.5, 0.6) is 11.5 Å². The van der Waals surface area contributed by atoms with Gasteiger partial charge in [-0.3, -0.25) is 9.67 Å². The van der Waals surface area contributed by atoms with Crippen LogP contribution in [-0.2, 0) is 16.6 Å². The molecule has 0 amide bonds. The van der Waals surface area contributed by atoms with E-state index in [1.165, 1.54) is 0 Å². The number of hydrogen-bond acceptors (Lipinski definition) is 8. The van der Waals surface area contributed by atoms with Crippen molar-refractivity contribution in [1.82, 2.24) is 24.1 Å². The number of aryl methyl sites for hydroxylation is 1. The molecule has 1 atom stereocenters. The zero-order valence-electron chi connectivity index (χ0n) is 20.4. The third kappa shape index (κ3) is 5.53. The lowest BCUT2D eigenvalue weighted by Crippen LogP contribution is -2.45. The summed E-state index contributed by atoms with van der Waals surface area (Å²) in [6.45, 7) is 5.75. The molecule has 1 aromatic carbocycles. The van der Waals surface area contributed by atoms with E-state index >= 15 is 0 Å². The molecule has 9 nitrogen and oxygen atoms in total. The van der Waals surface area contributed by atoms with E-state index in [0.29, 0.717) is 18.8 Å². The predicted molar refractivity (Wildman–Crippen MR) is 143 cm³/mol. The van der Waals surface area contributed by atoms with Crippen LogP contribution in [0.4, 0.5) is 5.13 Å². The highest BCUT2D eigenvalue weighted by Gasteiger charge is 2.28. The van der Waals surface area contributed by atoms with Gasteiger partial charge in [-0.15, -0.1) is 0 Å². The Morgan fingerprint density at radius 2 is 2.06 bits per heavy atom. The lowest BCUT2D eigenvalue weighted by atomic mass is 10.1. The summed E-state index contributed by atoms with van der Waals surface area (Å²) in [4.78, 5) is 9.17. The lowest BCUT2D eigenvalue weighted by Gasteiger charge is -2.31. The van der Waals surface area contributed by atoms with Crippen molar-refractivity contribution in [2.45, 2.75) is 45.7 Å². The number of nitrogens with zero attached hydrogens (tertiary/aromatic N) is 5. The number of ether oxygens (including phenoxy) is 1. The zero-order valence-corrected chi connectivity index (χ0v) is 22.1. The van der Waals surface area contributed by atoms with E-state index in [0.717, 1.165) is 58.2 Å². The van der Waals surface area contributed by atoms with Crippen LogP contribution in [0, 0.1) is 0 Å². The topological polar surface area (TPSA) is 102 Å². The molecule has 1 N–H and O–H groups in total. The summed E-state index contributed by atoms with van der Waals surface area (Å²) in [7, 11) is -3.18. The van der Waals surface area contributed by atoms with E-state index in [1.807, 2.05) is 47.4 Å². The fourth-order valence-electron chi connectivity index (χ4n) is 4.32. The summed E-state index contributed by atoms with van der Waals surface area (Å²) in [6.07, 6.45) is 8.34. The Kier molecular flexibility index (Phi) is 7.22. The zero-order chi connectivity index (χ0) is 25.1. The number of aromatic nitrogens is 4. The van der Waals surface area contributed by atoms with Gasteiger partial charge in [0.15, 0.2) is 5.13 Å². The van der Waals surface area contributed by atoms with Crippen molar-refractivity contribution in [1.29, 1.82) is 0 Å². The van der Waals surface area contributed by atoms with Crippen LogP contribution in [0.1, 0.15) is 33.1 Å². The van der Waals surface area contributed by atoms with Crippen LogP contribution in [0.15, 0.2) is 48.9 Å². The number of piperidine rings is 1. The van der Waals surface area contributed by atoms with Gasteiger partial charge in [-0.25, -0.2) is 13.4 Å². The number of hydrogen-bond donors (Lipinski definition) is 1. The van der Waals surface area contributed by atoms with Gasteiger partial charge in [0.25, 0.3) is 0 Å². The largest absolute Gasteiger partial charge is 0.457 e. The number of rotatable bonds is 9. The van der Waals surface area contributed by atoms with E-state index in [1.54, 1.807) is 28.8 Å². The summed E-state index contributed by atoms with van der Waals surface area (Å²) >= 11 is 1.54. The molecular formula is C25H30N6O3S2. The van der Waals surface area contributed by atoms with Crippen LogP contribution in [0.3, 0.4) is 0 Å². The van der Waals surface area contributed by atoms with Gasteiger partial charge in [0, 0.05) is 55.8 Å². The summed E-state index contributed by atoms with van der Waals surface area (Å²) in [5, 5.41) is 8.62. The SMILES string of the molecule is CCCn1cc(-c2cc(Oc3ccc4nc(N[C@H]5CCCN(S(=O)(=O)CC)C5)sc4c3)ccn2)cn1. The van der Waals surface area contributed by atoms with Crippen molar-refractivity contribution in [3.05, 3.63) is 48.9 Å². The first-order valence-corrected chi connectivity index (χ1v) is 14.7. The monoisotopic (exact) mass is 526 g/mol. The third-order valence-electron chi connectivity index (χ3n) is 6.18. The molecule has 3 aromatic heterocycles. The molecule has 36 heavy (non-hydrogen) atoms. The Bertz CT molecular complexity index is 1450. The minimum Gasteiger partial charge on any atom is -0.457 e. The maximum atomic E-state index is 12.3. The standard InChI is InChI=1S/C25H30N6O3S2/c1-3-11-30-16-18(15-27-30)23-13-21(9-10-26-23)34-20-7-8-22-24(14-20)35-25(29-22)28-19-6-5-12-31(17-19)36(32,33)4-2/h7-10,13-16,19H,3-6,11-12,17H2,1-2H3,(H,28,29)/t19-/m0/s1. The Balaban J connectivity index is 1.28. The molecule has 0 radical (unpaired) electrons. The Labute approximate surface area is 215 Å². The van der Waals surface area contributed by atoms with Crippen LogP contribution in [0.25, 0.3) is 21.5 Å². The second-order valence-electron chi connectivity index (χ2n) is 8.86. The summed E-state index contributed by atoms with van der Waals surface area (Å²) in [5.41, 5.74) is 2.64. The van der Waals surface area contributed by atoms with Gasteiger partial charge in [-0.1, -0.05) is 18.3 Å². The molecule has 0 spiro atoms. The molecule has 11 heteroatoms. The van der Waals surface area contributed by atoms with Gasteiger partial charge in [0.1, 0.15) is 11.5 Å². The van der Waals surface area contributed by atoms with Gasteiger partial charge < -0.3 is 10.1 Å². The molecule has 0 saturated carbocycles. The predicted octanol–water partition coefficient (Wildman–Crippen LogP) is 4.98. The second kappa shape index (κ2) is 10.5. The van der Waals surface area contributed by atoms with Crippen molar-refractivity contribution in [2.75, 3.05) is 24.2 Å².